The lowest BCUT2D eigenvalue weighted by Crippen LogP contribution is -2.50. The van der Waals surface area contributed by atoms with Gasteiger partial charge < -0.3 is 9.80 Å². The summed E-state index contributed by atoms with van der Waals surface area (Å²) in [5.74, 6) is -0.0847. The van der Waals surface area contributed by atoms with Crippen LogP contribution in [0.15, 0.2) is 30.3 Å². The molecule has 5 nitrogen and oxygen atoms in total. The zero-order valence-corrected chi connectivity index (χ0v) is 17.2. The maximum Gasteiger partial charge on any atom is 0.244 e. The predicted molar refractivity (Wildman–Crippen MR) is 108 cm³/mol. The molecule has 0 saturated carbocycles. The molecule has 28 heavy (non-hydrogen) atoms. The fraction of sp³-hybridized carbons (Fsp3) is 0.545. The van der Waals surface area contributed by atoms with Crippen molar-refractivity contribution in [3.8, 4) is 0 Å². The first-order chi connectivity index (χ1) is 13.2. The Morgan fingerprint density at radius 2 is 1.93 bits per heavy atom. The van der Waals surface area contributed by atoms with Crippen molar-refractivity contribution in [2.45, 2.75) is 64.6 Å². The minimum absolute atomic E-state index is 0.0983. The van der Waals surface area contributed by atoms with E-state index in [0.29, 0.717) is 6.54 Å². The minimum Gasteiger partial charge on any atom is -0.364 e. The van der Waals surface area contributed by atoms with Crippen molar-refractivity contribution in [3.05, 3.63) is 47.5 Å². The fourth-order valence-corrected chi connectivity index (χ4v) is 5.25. The SMILES string of the molecule is Cc1cc(C)n(CC(=O)N2CCCC23CN(c2ccc(F)cc2)C(C)(C)C3)n1. The average Bonchev–Trinajstić information content (AvgIpc) is 3.24. The summed E-state index contributed by atoms with van der Waals surface area (Å²) in [6.45, 7) is 10.2. The second-order valence-corrected chi connectivity index (χ2v) is 9.01. The molecule has 2 aliphatic heterocycles. The Morgan fingerprint density at radius 3 is 2.57 bits per heavy atom. The summed E-state index contributed by atoms with van der Waals surface area (Å²) in [7, 11) is 0. The number of nitrogens with zero attached hydrogens (tertiary/aromatic N) is 4. The number of benzene rings is 1. The number of carbonyl (C=O) groups excluding carboxylic acids is 1. The topological polar surface area (TPSA) is 41.4 Å². The number of aromatic nitrogens is 2. The van der Waals surface area contributed by atoms with E-state index in [-0.39, 0.29) is 22.8 Å². The number of hydrogen-bond acceptors (Lipinski definition) is 3. The van der Waals surface area contributed by atoms with Gasteiger partial charge in [0.15, 0.2) is 0 Å². The summed E-state index contributed by atoms with van der Waals surface area (Å²) >= 11 is 0. The Labute approximate surface area is 166 Å². The molecule has 150 valence electrons. The van der Waals surface area contributed by atoms with Crippen LogP contribution in [-0.4, -0.2) is 44.8 Å². The highest BCUT2D eigenvalue weighted by atomic mass is 19.1. The van der Waals surface area contributed by atoms with E-state index >= 15 is 0 Å². The van der Waals surface area contributed by atoms with Gasteiger partial charge in [0, 0.05) is 30.0 Å². The zero-order chi connectivity index (χ0) is 20.1. The van der Waals surface area contributed by atoms with Crippen molar-refractivity contribution in [1.82, 2.24) is 14.7 Å². The molecule has 2 fully saturated rings. The van der Waals surface area contributed by atoms with E-state index in [2.05, 4.69) is 28.7 Å². The van der Waals surface area contributed by atoms with E-state index in [9.17, 15) is 9.18 Å². The fourth-order valence-electron chi connectivity index (χ4n) is 5.25. The summed E-state index contributed by atoms with van der Waals surface area (Å²) in [4.78, 5) is 17.7. The quantitative estimate of drug-likeness (QED) is 0.810. The molecule has 3 heterocycles. The van der Waals surface area contributed by atoms with E-state index in [1.807, 2.05) is 36.7 Å². The smallest absolute Gasteiger partial charge is 0.244 e. The number of likely N-dealkylation sites (tertiary alicyclic amines) is 1. The van der Waals surface area contributed by atoms with Crippen molar-refractivity contribution in [3.63, 3.8) is 0 Å². The van der Waals surface area contributed by atoms with E-state index < -0.39 is 0 Å². The number of carbonyl (C=O) groups is 1. The number of aryl methyl sites for hydroxylation is 2. The molecule has 0 N–H and O–H groups in total. The summed E-state index contributed by atoms with van der Waals surface area (Å²) < 4.78 is 15.2. The van der Waals surface area contributed by atoms with Crippen LogP contribution in [-0.2, 0) is 11.3 Å². The van der Waals surface area contributed by atoms with Gasteiger partial charge in [0.25, 0.3) is 0 Å². The van der Waals surface area contributed by atoms with Crippen LogP contribution in [0.25, 0.3) is 0 Å². The molecule has 2 aliphatic rings. The molecule has 0 radical (unpaired) electrons. The van der Waals surface area contributed by atoms with E-state index in [0.717, 1.165) is 49.4 Å². The Hall–Kier alpha value is -2.37. The van der Waals surface area contributed by atoms with Gasteiger partial charge in [-0.1, -0.05) is 0 Å². The number of halogens is 1. The molecule has 1 spiro atoms. The van der Waals surface area contributed by atoms with Crippen LogP contribution in [0.5, 0.6) is 0 Å². The normalized spacial score (nSPS) is 23.8. The van der Waals surface area contributed by atoms with Crippen LogP contribution in [0.1, 0.15) is 44.5 Å². The monoisotopic (exact) mass is 384 g/mol. The lowest BCUT2D eigenvalue weighted by Gasteiger charge is -2.35. The number of anilines is 1. The molecule has 2 saturated heterocycles. The third-order valence-electron chi connectivity index (χ3n) is 6.37. The van der Waals surface area contributed by atoms with Crippen molar-refractivity contribution < 1.29 is 9.18 Å². The second-order valence-electron chi connectivity index (χ2n) is 9.01. The molecule has 6 heteroatoms. The Morgan fingerprint density at radius 1 is 1.21 bits per heavy atom. The predicted octanol–water partition coefficient (Wildman–Crippen LogP) is 3.69. The highest BCUT2D eigenvalue weighted by Gasteiger charge is 2.54. The van der Waals surface area contributed by atoms with Gasteiger partial charge in [0.05, 0.1) is 11.2 Å². The Kier molecular flexibility index (Phi) is 4.47. The summed E-state index contributed by atoms with van der Waals surface area (Å²) in [5.41, 5.74) is 2.70. The number of hydrogen-bond donors (Lipinski definition) is 0. The van der Waals surface area contributed by atoms with Gasteiger partial charge in [-0.3, -0.25) is 9.48 Å². The molecular weight excluding hydrogens is 355 g/mol. The summed E-state index contributed by atoms with van der Waals surface area (Å²) in [5, 5.41) is 4.46. The molecule has 1 aromatic heterocycles. The molecule has 4 rings (SSSR count). The van der Waals surface area contributed by atoms with Crippen molar-refractivity contribution in [2.75, 3.05) is 18.0 Å². The summed E-state index contributed by atoms with van der Waals surface area (Å²) in [6, 6.07) is 8.70. The zero-order valence-electron chi connectivity index (χ0n) is 17.2. The van der Waals surface area contributed by atoms with Crippen molar-refractivity contribution in [2.24, 2.45) is 0 Å². The Balaban J connectivity index is 1.58. The largest absolute Gasteiger partial charge is 0.364 e. The van der Waals surface area contributed by atoms with Crippen LogP contribution in [0, 0.1) is 19.7 Å². The highest BCUT2D eigenvalue weighted by molar-refractivity contribution is 5.78. The van der Waals surface area contributed by atoms with E-state index in [1.54, 1.807) is 0 Å². The summed E-state index contributed by atoms with van der Waals surface area (Å²) in [6.07, 6.45) is 2.95. The van der Waals surface area contributed by atoms with Crippen molar-refractivity contribution >= 4 is 11.6 Å². The number of rotatable bonds is 3. The number of amides is 1. The van der Waals surface area contributed by atoms with Crippen LogP contribution < -0.4 is 4.90 Å². The van der Waals surface area contributed by atoms with E-state index in [1.165, 1.54) is 12.1 Å². The third-order valence-corrected chi connectivity index (χ3v) is 6.37. The van der Waals surface area contributed by atoms with Gasteiger partial charge in [-0.05, 0) is 77.3 Å². The van der Waals surface area contributed by atoms with E-state index in [4.69, 9.17) is 0 Å². The first-order valence-electron chi connectivity index (χ1n) is 10.0. The van der Waals surface area contributed by atoms with Crippen LogP contribution >= 0.6 is 0 Å². The Bertz CT molecular complexity index is 888. The van der Waals surface area contributed by atoms with Gasteiger partial charge in [-0.25, -0.2) is 4.39 Å². The average molecular weight is 384 g/mol. The highest BCUT2D eigenvalue weighted by Crippen LogP contribution is 2.47. The van der Waals surface area contributed by atoms with Gasteiger partial charge in [0.1, 0.15) is 12.4 Å². The third kappa shape index (κ3) is 3.19. The van der Waals surface area contributed by atoms with Gasteiger partial charge in [-0.2, -0.15) is 5.10 Å². The molecule has 1 atom stereocenters. The molecule has 2 aromatic rings. The lowest BCUT2D eigenvalue weighted by atomic mass is 9.87. The maximum atomic E-state index is 13.4. The standard InChI is InChI=1S/C22H29FN4O/c1-16-12-17(2)27(24-16)13-20(28)25-11-5-10-22(25)14-21(3,4)26(15-22)19-8-6-18(23)7-9-19/h6-9,12H,5,10-11,13-15H2,1-4H3. The molecule has 0 aliphatic carbocycles. The maximum absolute atomic E-state index is 13.4. The lowest BCUT2D eigenvalue weighted by molar-refractivity contribution is -0.135. The second kappa shape index (κ2) is 6.61. The molecular formula is C22H29FN4O. The molecule has 1 amide bonds. The van der Waals surface area contributed by atoms with Gasteiger partial charge in [0.2, 0.25) is 5.91 Å². The van der Waals surface area contributed by atoms with Crippen LogP contribution in [0.4, 0.5) is 10.1 Å². The minimum atomic E-state index is -0.224. The first kappa shape index (κ1) is 19.0. The molecule has 0 bridgehead atoms. The van der Waals surface area contributed by atoms with Crippen LogP contribution in [0.2, 0.25) is 0 Å². The molecule has 1 unspecified atom stereocenters. The van der Waals surface area contributed by atoms with Crippen molar-refractivity contribution in [1.29, 1.82) is 0 Å². The molecule has 1 aromatic carbocycles. The van der Waals surface area contributed by atoms with Crippen LogP contribution in [0.3, 0.4) is 0 Å². The first-order valence-corrected chi connectivity index (χ1v) is 10.0. The van der Waals surface area contributed by atoms with Gasteiger partial charge in [-0.15, -0.1) is 0 Å². The van der Waals surface area contributed by atoms with Gasteiger partial charge >= 0.3 is 0 Å².